The molecular weight excluding hydrogens is 426 g/mol. The van der Waals surface area contributed by atoms with Crippen molar-refractivity contribution < 1.29 is 9.59 Å². The van der Waals surface area contributed by atoms with Crippen LogP contribution in [0.3, 0.4) is 0 Å². The summed E-state index contributed by atoms with van der Waals surface area (Å²) < 4.78 is 3.41. The lowest BCUT2D eigenvalue weighted by atomic mass is 10.1. The van der Waals surface area contributed by atoms with Crippen molar-refractivity contribution in [2.24, 2.45) is 0 Å². The Morgan fingerprint density at radius 3 is 2.34 bits per heavy atom. The second-order valence-corrected chi connectivity index (χ2v) is 8.41. The minimum absolute atomic E-state index is 0.137. The van der Waals surface area contributed by atoms with E-state index in [9.17, 15) is 14.4 Å². The Bertz CT molecular complexity index is 1420. The van der Waals surface area contributed by atoms with Gasteiger partial charge in [-0.3, -0.25) is 28.3 Å². The molecule has 2 aromatic heterocycles. The van der Waals surface area contributed by atoms with Gasteiger partial charge >= 0.3 is 0 Å². The lowest BCUT2D eigenvalue weighted by Gasteiger charge is -2.13. The number of nitrogens with zero attached hydrogens (tertiary/aromatic N) is 5. The average molecular weight is 446 g/mol. The first-order valence-corrected chi connectivity index (χ1v) is 11.2. The fourth-order valence-corrected chi connectivity index (χ4v) is 4.81. The fraction of sp³-hybridized carbons (Fsp3) is 0.174. The van der Waals surface area contributed by atoms with Crippen LogP contribution in [0.15, 0.2) is 71.1 Å². The van der Waals surface area contributed by atoms with Crippen molar-refractivity contribution in [3.8, 4) is 0 Å². The first-order valence-electron chi connectivity index (χ1n) is 10.2. The number of hydrogen-bond acceptors (Lipinski definition) is 6. The van der Waals surface area contributed by atoms with Crippen LogP contribution >= 0.6 is 11.8 Å². The van der Waals surface area contributed by atoms with Gasteiger partial charge in [0, 0.05) is 18.8 Å². The largest absolute Gasteiger partial charge is 0.274 e. The van der Waals surface area contributed by atoms with Crippen LogP contribution in [0.2, 0.25) is 0 Å². The van der Waals surface area contributed by atoms with Crippen LogP contribution in [-0.4, -0.2) is 48.2 Å². The van der Waals surface area contributed by atoms with Gasteiger partial charge in [-0.05, 0) is 30.7 Å². The second-order valence-electron chi connectivity index (χ2n) is 7.35. The number of thioether (sulfide) groups is 1. The van der Waals surface area contributed by atoms with Gasteiger partial charge in [-0.25, -0.2) is 0 Å². The fourth-order valence-electron chi connectivity index (χ4n) is 3.95. The van der Waals surface area contributed by atoms with Crippen LogP contribution in [0.5, 0.6) is 0 Å². The van der Waals surface area contributed by atoms with Crippen molar-refractivity contribution in [2.75, 3.05) is 12.3 Å². The Morgan fingerprint density at radius 2 is 1.62 bits per heavy atom. The van der Waals surface area contributed by atoms with Crippen LogP contribution in [0, 0.1) is 0 Å². The van der Waals surface area contributed by atoms with E-state index in [-0.39, 0.29) is 17.4 Å². The number of para-hydroxylation sites is 1. The van der Waals surface area contributed by atoms with E-state index in [0.717, 1.165) is 5.52 Å². The van der Waals surface area contributed by atoms with Gasteiger partial charge in [0.05, 0.1) is 22.0 Å². The number of carbonyl (C=O) groups excluding carboxylic acids is 2. The molecule has 0 spiro atoms. The summed E-state index contributed by atoms with van der Waals surface area (Å²) >= 11 is 1.47. The maximum atomic E-state index is 12.9. The molecule has 5 rings (SSSR count). The molecule has 0 aliphatic carbocycles. The zero-order valence-corrected chi connectivity index (χ0v) is 17.9. The number of aromatic nitrogens is 4. The minimum atomic E-state index is -0.247. The second kappa shape index (κ2) is 8.08. The lowest BCUT2D eigenvalue weighted by Crippen LogP contribution is -2.31. The van der Waals surface area contributed by atoms with Gasteiger partial charge in [-0.1, -0.05) is 42.1 Å². The number of fused-ring (bicyclic) bond motifs is 4. The van der Waals surface area contributed by atoms with E-state index in [4.69, 9.17) is 0 Å². The molecule has 0 saturated heterocycles. The maximum absolute atomic E-state index is 12.9. The molecule has 9 heteroatoms. The van der Waals surface area contributed by atoms with Gasteiger partial charge in [-0.15, -0.1) is 16.8 Å². The molecule has 4 aromatic rings. The molecule has 0 radical (unpaired) electrons. The highest BCUT2D eigenvalue weighted by molar-refractivity contribution is 7.99. The van der Waals surface area contributed by atoms with E-state index in [1.807, 2.05) is 22.6 Å². The third kappa shape index (κ3) is 3.13. The van der Waals surface area contributed by atoms with Crippen molar-refractivity contribution in [2.45, 2.75) is 18.1 Å². The number of hydrogen-bond donors (Lipinski definition) is 0. The molecule has 2 aromatic carbocycles. The summed E-state index contributed by atoms with van der Waals surface area (Å²) in [6.45, 7) is 4.39. The van der Waals surface area contributed by atoms with Crippen molar-refractivity contribution in [3.05, 3.63) is 82.7 Å². The van der Waals surface area contributed by atoms with E-state index >= 15 is 0 Å². The number of carbonyl (C=O) groups is 2. The van der Waals surface area contributed by atoms with Crippen LogP contribution < -0.4 is 5.56 Å². The third-order valence-corrected chi connectivity index (χ3v) is 6.44. The molecule has 3 heterocycles. The standard InChI is InChI=1S/C23H19N5O3S/c1-2-12-27-21(31)17-10-5-6-11-18(17)28-22(27)24-25-23(28)32-14-7-13-26-19(29)15-8-3-4-9-16(15)20(26)30/h2-6,8-11H,1,7,12-14H2. The average Bonchev–Trinajstić information content (AvgIpc) is 3.34. The predicted octanol–water partition coefficient (Wildman–Crippen LogP) is 3.01. The van der Waals surface area contributed by atoms with Gasteiger partial charge in [0.25, 0.3) is 17.4 Å². The number of rotatable bonds is 7. The maximum Gasteiger partial charge on any atom is 0.263 e. The summed E-state index contributed by atoms with van der Waals surface area (Å²) in [5.41, 5.74) is 1.52. The SMILES string of the molecule is C=CCn1c(=O)c2ccccc2n2c(SCCCN3C(=O)c4ccccc4C3=O)nnc12. The molecule has 0 saturated carbocycles. The Hall–Kier alpha value is -3.72. The van der Waals surface area contributed by atoms with Crippen LogP contribution in [0.4, 0.5) is 0 Å². The molecule has 32 heavy (non-hydrogen) atoms. The molecule has 1 aliphatic heterocycles. The molecule has 2 amide bonds. The highest BCUT2D eigenvalue weighted by Gasteiger charge is 2.34. The highest BCUT2D eigenvalue weighted by atomic mass is 32.2. The van der Waals surface area contributed by atoms with Crippen LogP contribution in [-0.2, 0) is 6.54 Å². The van der Waals surface area contributed by atoms with Gasteiger partial charge in [0.15, 0.2) is 5.16 Å². The topological polar surface area (TPSA) is 89.6 Å². The Kier molecular flexibility index (Phi) is 5.10. The Balaban J connectivity index is 1.37. The molecule has 0 N–H and O–H groups in total. The van der Waals surface area contributed by atoms with Crippen molar-refractivity contribution in [1.29, 1.82) is 0 Å². The number of benzene rings is 2. The first-order chi connectivity index (χ1) is 15.6. The normalized spacial score (nSPS) is 13.3. The van der Waals surface area contributed by atoms with Crippen LogP contribution in [0.25, 0.3) is 16.7 Å². The quantitative estimate of drug-likeness (QED) is 0.188. The highest BCUT2D eigenvalue weighted by Crippen LogP contribution is 2.25. The molecule has 8 nitrogen and oxygen atoms in total. The molecule has 0 unspecified atom stereocenters. The van der Waals surface area contributed by atoms with E-state index in [1.54, 1.807) is 41.0 Å². The number of imide groups is 1. The summed E-state index contributed by atoms with van der Waals surface area (Å²) in [7, 11) is 0. The smallest absolute Gasteiger partial charge is 0.263 e. The monoisotopic (exact) mass is 445 g/mol. The zero-order valence-electron chi connectivity index (χ0n) is 17.1. The van der Waals surface area contributed by atoms with E-state index in [0.29, 0.717) is 52.7 Å². The molecule has 0 bridgehead atoms. The van der Waals surface area contributed by atoms with Crippen molar-refractivity contribution >= 4 is 40.3 Å². The summed E-state index contributed by atoms with van der Waals surface area (Å²) in [6.07, 6.45) is 2.26. The summed E-state index contributed by atoms with van der Waals surface area (Å²) in [6, 6.07) is 14.2. The molecule has 0 atom stereocenters. The van der Waals surface area contributed by atoms with Gasteiger partial charge in [0.1, 0.15) is 0 Å². The molecule has 0 fully saturated rings. The van der Waals surface area contributed by atoms with E-state index in [2.05, 4.69) is 16.8 Å². The van der Waals surface area contributed by atoms with Crippen LogP contribution in [0.1, 0.15) is 27.1 Å². The van der Waals surface area contributed by atoms with Gasteiger partial charge in [0.2, 0.25) is 5.78 Å². The number of amides is 2. The Labute approximate surface area is 187 Å². The van der Waals surface area contributed by atoms with Gasteiger partial charge < -0.3 is 0 Å². The van der Waals surface area contributed by atoms with E-state index < -0.39 is 0 Å². The lowest BCUT2D eigenvalue weighted by molar-refractivity contribution is 0.0655. The summed E-state index contributed by atoms with van der Waals surface area (Å²) in [5.74, 6) is 0.589. The molecule has 1 aliphatic rings. The summed E-state index contributed by atoms with van der Waals surface area (Å²) in [5, 5.41) is 9.77. The third-order valence-electron chi connectivity index (χ3n) is 5.43. The summed E-state index contributed by atoms with van der Waals surface area (Å²) in [4.78, 5) is 39.2. The first kappa shape index (κ1) is 20.2. The Morgan fingerprint density at radius 1 is 0.938 bits per heavy atom. The van der Waals surface area contributed by atoms with Gasteiger partial charge in [-0.2, -0.15) is 0 Å². The molecule has 160 valence electrons. The molecular formula is C23H19N5O3S. The minimum Gasteiger partial charge on any atom is -0.274 e. The van der Waals surface area contributed by atoms with Crippen molar-refractivity contribution in [1.82, 2.24) is 24.1 Å². The zero-order chi connectivity index (χ0) is 22.2. The van der Waals surface area contributed by atoms with Crippen molar-refractivity contribution in [3.63, 3.8) is 0 Å². The number of allylic oxidation sites excluding steroid dienone is 1. The predicted molar refractivity (Wildman–Crippen MR) is 122 cm³/mol. The van der Waals surface area contributed by atoms with E-state index in [1.165, 1.54) is 16.7 Å².